The molecule has 76 valence electrons. The minimum atomic E-state index is 0.107. The lowest BCUT2D eigenvalue weighted by Gasteiger charge is -2.24. The van der Waals surface area contributed by atoms with Gasteiger partial charge in [-0.2, -0.15) is 11.8 Å². The predicted molar refractivity (Wildman–Crippen MR) is 70.3 cm³/mol. The van der Waals surface area contributed by atoms with Crippen LogP contribution in [0.5, 0.6) is 0 Å². The molecule has 2 heteroatoms. The van der Waals surface area contributed by atoms with Crippen LogP contribution in [0.15, 0.2) is 30.3 Å². The summed E-state index contributed by atoms with van der Waals surface area (Å²) in [5.74, 6) is 1.07. The summed E-state index contributed by atoms with van der Waals surface area (Å²) >= 11 is 7.35. The molecule has 0 unspecified atom stereocenters. The van der Waals surface area contributed by atoms with Crippen molar-refractivity contribution in [2.24, 2.45) is 5.41 Å². The molecule has 0 N–H and O–H groups in total. The van der Waals surface area contributed by atoms with E-state index in [2.05, 4.69) is 32.2 Å². The molecular weight excluding hydrogens is 208 g/mol. The average molecular weight is 224 g/mol. The first-order chi connectivity index (χ1) is 6.58. The van der Waals surface area contributed by atoms with Crippen LogP contribution in [0, 0.1) is 5.41 Å². The number of thiocarbonyl (C=S) groups is 1. The van der Waals surface area contributed by atoms with Gasteiger partial charge in [0, 0.05) is 16.0 Å². The van der Waals surface area contributed by atoms with E-state index in [1.165, 1.54) is 5.56 Å². The van der Waals surface area contributed by atoms with E-state index < -0.39 is 0 Å². The Hall–Kier alpha value is -0.340. The Morgan fingerprint density at radius 2 is 1.86 bits per heavy atom. The van der Waals surface area contributed by atoms with Gasteiger partial charge in [-0.15, -0.1) is 0 Å². The van der Waals surface area contributed by atoms with Gasteiger partial charge in [0.1, 0.15) is 0 Å². The summed E-state index contributed by atoms with van der Waals surface area (Å²) in [6.07, 6.45) is 2.12. The topological polar surface area (TPSA) is 0 Å². The van der Waals surface area contributed by atoms with Crippen LogP contribution in [-0.2, 0) is 0 Å². The van der Waals surface area contributed by atoms with Crippen LogP contribution < -0.4 is 0 Å². The monoisotopic (exact) mass is 224 g/mol. The third kappa shape index (κ3) is 2.82. The molecule has 1 rings (SSSR count). The molecule has 0 heterocycles. The van der Waals surface area contributed by atoms with Crippen LogP contribution >= 0.6 is 24.0 Å². The summed E-state index contributed by atoms with van der Waals surface area (Å²) in [5.41, 5.74) is 1.29. The first-order valence-electron chi connectivity index (χ1n) is 4.67. The van der Waals surface area contributed by atoms with Crippen LogP contribution in [0.2, 0.25) is 0 Å². The molecule has 0 aromatic heterocycles. The maximum absolute atomic E-state index is 5.51. The summed E-state index contributed by atoms with van der Waals surface area (Å²) in [6, 6.07) is 10.3. The van der Waals surface area contributed by atoms with Gasteiger partial charge in [-0.3, -0.25) is 0 Å². The second-order valence-corrected chi connectivity index (χ2v) is 5.29. The smallest absolute Gasteiger partial charge is 0.0289 e. The van der Waals surface area contributed by atoms with E-state index in [0.29, 0.717) is 0 Å². The maximum atomic E-state index is 5.51. The van der Waals surface area contributed by atoms with E-state index in [-0.39, 0.29) is 5.41 Å². The zero-order chi connectivity index (χ0) is 10.6. The lowest BCUT2D eigenvalue weighted by atomic mass is 9.87. The van der Waals surface area contributed by atoms with E-state index >= 15 is 0 Å². The normalized spacial score (nSPS) is 11.4. The lowest BCUT2D eigenvalue weighted by Crippen LogP contribution is -2.25. The molecule has 1 aromatic rings. The van der Waals surface area contributed by atoms with E-state index in [0.717, 1.165) is 10.6 Å². The largest absolute Gasteiger partial charge is 0.164 e. The van der Waals surface area contributed by atoms with Crippen LogP contribution in [0.4, 0.5) is 0 Å². The van der Waals surface area contributed by atoms with Crippen LogP contribution in [0.1, 0.15) is 19.4 Å². The van der Waals surface area contributed by atoms with Gasteiger partial charge < -0.3 is 0 Å². The zero-order valence-corrected chi connectivity index (χ0v) is 10.5. The second-order valence-electron chi connectivity index (χ2n) is 4.01. The molecule has 0 saturated carbocycles. The Balaban J connectivity index is 2.85. The van der Waals surface area contributed by atoms with E-state index in [1.54, 1.807) is 0 Å². The molecule has 0 atom stereocenters. The molecule has 0 amide bonds. The van der Waals surface area contributed by atoms with Gasteiger partial charge in [0.25, 0.3) is 0 Å². The molecule has 14 heavy (non-hydrogen) atoms. The Kier molecular flexibility index (Phi) is 4.14. The third-order valence-electron chi connectivity index (χ3n) is 2.16. The Labute approximate surface area is 96.1 Å². The molecule has 0 aliphatic heterocycles. The highest BCUT2D eigenvalue weighted by Gasteiger charge is 2.23. The van der Waals surface area contributed by atoms with Crippen molar-refractivity contribution >= 4 is 28.8 Å². The summed E-state index contributed by atoms with van der Waals surface area (Å²) in [4.78, 5) is 1.06. The van der Waals surface area contributed by atoms with Crippen molar-refractivity contribution in [3.05, 3.63) is 35.9 Å². The van der Waals surface area contributed by atoms with Crippen molar-refractivity contribution in [3.8, 4) is 0 Å². The fourth-order valence-electron chi connectivity index (χ4n) is 1.41. The molecular formula is C12H16S2. The summed E-state index contributed by atoms with van der Waals surface area (Å²) in [7, 11) is 0. The van der Waals surface area contributed by atoms with Gasteiger partial charge in [0.15, 0.2) is 0 Å². The summed E-state index contributed by atoms with van der Waals surface area (Å²) in [5, 5.41) is 0. The van der Waals surface area contributed by atoms with Gasteiger partial charge in [-0.05, 0) is 11.8 Å². The molecule has 0 fully saturated rings. The van der Waals surface area contributed by atoms with E-state index in [4.69, 9.17) is 12.2 Å². The Bertz CT molecular complexity index is 301. The third-order valence-corrected chi connectivity index (χ3v) is 3.95. The highest BCUT2D eigenvalue weighted by atomic mass is 32.2. The van der Waals surface area contributed by atoms with Crippen molar-refractivity contribution in [1.29, 1.82) is 0 Å². The SMILES string of the molecule is CSCC(C)(C)C(=S)c1ccccc1. The number of hydrogen-bond donors (Lipinski definition) is 0. The van der Waals surface area contributed by atoms with Crippen molar-refractivity contribution in [1.82, 2.24) is 0 Å². The highest BCUT2D eigenvalue weighted by Crippen LogP contribution is 2.26. The molecule has 0 nitrogen and oxygen atoms in total. The van der Waals surface area contributed by atoms with Crippen molar-refractivity contribution < 1.29 is 0 Å². The first-order valence-corrected chi connectivity index (χ1v) is 6.47. The maximum Gasteiger partial charge on any atom is 0.0289 e. The summed E-state index contributed by atoms with van der Waals surface area (Å²) in [6.45, 7) is 4.41. The van der Waals surface area contributed by atoms with Crippen LogP contribution in [-0.4, -0.2) is 16.9 Å². The minimum absolute atomic E-state index is 0.107. The first kappa shape index (κ1) is 11.7. The predicted octanol–water partition coefficient (Wildman–Crippen LogP) is 3.79. The Morgan fingerprint density at radius 3 is 2.36 bits per heavy atom. The number of benzene rings is 1. The molecule has 0 spiro atoms. The fraction of sp³-hybridized carbons (Fsp3) is 0.417. The van der Waals surface area contributed by atoms with E-state index in [1.807, 2.05) is 30.0 Å². The molecule has 1 aromatic carbocycles. The molecule has 0 bridgehead atoms. The van der Waals surface area contributed by atoms with Crippen LogP contribution in [0.3, 0.4) is 0 Å². The van der Waals surface area contributed by atoms with Crippen molar-refractivity contribution in [2.75, 3.05) is 12.0 Å². The van der Waals surface area contributed by atoms with Gasteiger partial charge in [0.05, 0.1) is 0 Å². The quantitative estimate of drug-likeness (QED) is 0.564. The van der Waals surface area contributed by atoms with Crippen LogP contribution in [0.25, 0.3) is 0 Å². The molecule has 0 aliphatic rings. The Morgan fingerprint density at radius 1 is 1.29 bits per heavy atom. The summed E-state index contributed by atoms with van der Waals surface area (Å²) < 4.78 is 0. The molecule has 0 radical (unpaired) electrons. The van der Waals surface area contributed by atoms with Gasteiger partial charge in [-0.1, -0.05) is 56.4 Å². The van der Waals surface area contributed by atoms with Gasteiger partial charge in [-0.25, -0.2) is 0 Å². The second kappa shape index (κ2) is 4.94. The fourth-order valence-corrected chi connectivity index (χ4v) is 2.57. The number of rotatable bonds is 4. The standard InChI is InChI=1S/C12H16S2/c1-12(2,9-14-3)11(13)10-7-5-4-6-8-10/h4-8H,9H2,1-3H3. The highest BCUT2D eigenvalue weighted by molar-refractivity contribution is 7.98. The number of thioether (sulfide) groups is 1. The van der Waals surface area contributed by atoms with Gasteiger partial charge in [0.2, 0.25) is 0 Å². The minimum Gasteiger partial charge on any atom is -0.164 e. The zero-order valence-electron chi connectivity index (χ0n) is 8.91. The average Bonchev–Trinajstić information content (AvgIpc) is 2.18. The van der Waals surface area contributed by atoms with E-state index in [9.17, 15) is 0 Å². The molecule has 0 aliphatic carbocycles. The lowest BCUT2D eigenvalue weighted by molar-refractivity contribution is 0.615. The van der Waals surface area contributed by atoms with Crippen molar-refractivity contribution in [2.45, 2.75) is 13.8 Å². The van der Waals surface area contributed by atoms with Gasteiger partial charge >= 0.3 is 0 Å². The molecule has 0 saturated heterocycles. The van der Waals surface area contributed by atoms with Crippen molar-refractivity contribution in [3.63, 3.8) is 0 Å². The number of hydrogen-bond acceptors (Lipinski definition) is 2.